The standard InChI is InChI=1S/C12H22N2O2/c1-6-8-10(15)13-9(12(3,4)5)11(16)14(8)7-2/h8-9H,6-7H2,1-5H3,(H,13,15). The minimum absolute atomic E-state index is 0.0242. The molecule has 1 fully saturated rings. The van der Waals surface area contributed by atoms with Gasteiger partial charge in [0, 0.05) is 6.54 Å². The lowest BCUT2D eigenvalue weighted by Crippen LogP contribution is -2.66. The molecule has 1 aliphatic rings. The molecule has 0 aromatic carbocycles. The van der Waals surface area contributed by atoms with E-state index in [1.807, 2.05) is 34.6 Å². The second kappa shape index (κ2) is 4.44. The van der Waals surface area contributed by atoms with E-state index in [1.165, 1.54) is 0 Å². The second-order valence-corrected chi connectivity index (χ2v) is 5.36. The Morgan fingerprint density at radius 2 is 1.81 bits per heavy atom. The van der Waals surface area contributed by atoms with Crippen LogP contribution in [0.2, 0.25) is 0 Å². The molecule has 1 aliphatic heterocycles. The molecule has 0 radical (unpaired) electrons. The molecule has 92 valence electrons. The molecule has 0 aromatic heterocycles. The predicted molar refractivity (Wildman–Crippen MR) is 62.9 cm³/mol. The van der Waals surface area contributed by atoms with Crippen molar-refractivity contribution >= 4 is 11.8 Å². The molecular formula is C12H22N2O2. The highest BCUT2D eigenvalue weighted by Gasteiger charge is 2.43. The van der Waals surface area contributed by atoms with E-state index in [0.29, 0.717) is 13.0 Å². The first kappa shape index (κ1) is 13.0. The van der Waals surface area contributed by atoms with Gasteiger partial charge in [-0.3, -0.25) is 9.59 Å². The zero-order valence-corrected chi connectivity index (χ0v) is 10.8. The fourth-order valence-electron chi connectivity index (χ4n) is 2.13. The van der Waals surface area contributed by atoms with Crippen LogP contribution in [0.1, 0.15) is 41.0 Å². The Morgan fingerprint density at radius 1 is 1.25 bits per heavy atom. The average Bonchev–Trinajstić information content (AvgIpc) is 2.18. The molecule has 2 atom stereocenters. The van der Waals surface area contributed by atoms with Gasteiger partial charge in [-0.2, -0.15) is 0 Å². The molecule has 0 bridgehead atoms. The Hall–Kier alpha value is -1.06. The van der Waals surface area contributed by atoms with Gasteiger partial charge in [0.25, 0.3) is 0 Å². The third-order valence-corrected chi connectivity index (χ3v) is 3.09. The number of carbonyl (C=O) groups is 2. The van der Waals surface area contributed by atoms with Crippen LogP contribution < -0.4 is 5.32 Å². The van der Waals surface area contributed by atoms with E-state index < -0.39 is 6.04 Å². The third kappa shape index (κ3) is 2.20. The van der Waals surface area contributed by atoms with Crippen LogP contribution in [0.3, 0.4) is 0 Å². The van der Waals surface area contributed by atoms with Gasteiger partial charge >= 0.3 is 0 Å². The van der Waals surface area contributed by atoms with Crippen LogP contribution in [0.15, 0.2) is 0 Å². The summed E-state index contributed by atoms with van der Waals surface area (Å²) in [6, 6.07) is -0.696. The Balaban J connectivity index is 2.98. The lowest BCUT2D eigenvalue weighted by Gasteiger charge is -2.42. The predicted octanol–water partition coefficient (Wildman–Crippen LogP) is 1.16. The number of nitrogens with one attached hydrogen (secondary N) is 1. The molecule has 4 nitrogen and oxygen atoms in total. The molecule has 2 unspecified atom stereocenters. The van der Waals surface area contributed by atoms with E-state index in [1.54, 1.807) is 4.90 Å². The van der Waals surface area contributed by atoms with E-state index in [0.717, 1.165) is 0 Å². The second-order valence-electron chi connectivity index (χ2n) is 5.36. The molecule has 1 rings (SSSR count). The van der Waals surface area contributed by atoms with Crippen molar-refractivity contribution in [2.24, 2.45) is 5.41 Å². The molecule has 0 saturated carbocycles. The number of hydrogen-bond donors (Lipinski definition) is 1. The minimum Gasteiger partial charge on any atom is -0.342 e. The fraction of sp³-hybridized carbons (Fsp3) is 0.833. The molecule has 2 amide bonds. The molecule has 4 heteroatoms. The van der Waals surface area contributed by atoms with E-state index >= 15 is 0 Å². The van der Waals surface area contributed by atoms with Crippen LogP contribution in [0.25, 0.3) is 0 Å². The van der Waals surface area contributed by atoms with Crippen molar-refractivity contribution in [2.45, 2.75) is 53.1 Å². The van der Waals surface area contributed by atoms with Crippen LogP contribution in [-0.2, 0) is 9.59 Å². The molecule has 0 spiro atoms. The SMILES string of the molecule is CCC1C(=O)NC(C(C)(C)C)C(=O)N1CC. The van der Waals surface area contributed by atoms with Crippen LogP contribution in [0.4, 0.5) is 0 Å². The Bertz CT molecular complexity index is 294. The van der Waals surface area contributed by atoms with Gasteiger partial charge in [-0.25, -0.2) is 0 Å². The summed E-state index contributed by atoms with van der Waals surface area (Å²) < 4.78 is 0. The number of carbonyl (C=O) groups excluding carboxylic acids is 2. The van der Waals surface area contributed by atoms with Crippen molar-refractivity contribution in [3.8, 4) is 0 Å². The molecule has 0 aromatic rings. The van der Waals surface area contributed by atoms with Crippen molar-refractivity contribution in [1.29, 1.82) is 0 Å². The first-order valence-corrected chi connectivity index (χ1v) is 5.93. The van der Waals surface area contributed by atoms with Crippen LogP contribution in [0, 0.1) is 5.41 Å². The summed E-state index contributed by atoms with van der Waals surface area (Å²) in [5, 5.41) is 2.84. The van der Waals surface area contributed by atoms with Gasteiger partial charge in [-0.05, 0) is 18.8 Å². The monoisotopic (exact) mass is 226 g/mol. The van der Waals surface area contributed by atoms with Crippen LogP contribution in [-0.4, -0.2) is 35.3 Å². The lowest BCUT2D eigenvalue weighted by molar-refractivity contribution is -0.152. The maximum atomic E-state index is 12.2. The number of hydrogen-bond acceptors (Lipinski definition) is 2. The van der Waals surface area contributed by atoms with E-state index in [2.05, 4.69) is 5.32 Å². The number of likely N-dealkylation sites (N-methyl/N-ethyl adjacent to an activating group) is 1. The van der Waals surface area contributed by atoms with Crippen molar-refractivity contribution in [3.63, 3.8) is 0 Å². The summed E-state index contributed by atoms with van der Waals surface area (Å²) >= 11 is 0. The summed E-state index contributed by atoms with van der Waals surface area (Å²) in [4.78, 5) is 25.8. The quantitative estimate of drug-likeness (QED) is 0.768. The zero-order chi connectivity index (χ0) is 12.5. The number of rotatable bonds is 2. The molecule has 1 saturated heterocycles. The lowest BCUT2D eigenvalue weighted by atomic mass is 9.83. The van der Waals surface area contributed by atoms with Gasteiger partial charge in [-0.1, -0.05) is 27.7 Å². The van der Waals surface area contributed by atoms with Crippen molar-refractivity contribution in [3.05, 3.63) is 0 Å². The third-order valence-electron chi connectivity index (χ3n) is 3.09. The summed E-state index contributed by atoms with van der Waals surface area (Å²) in [5.74, 6) is 0.0188. The highest BCUT2D eigenvalue weighted by Crippen LogP contribution is 2.25. The summed E-state index contributed by atoms with van der Waals surface area (Å²) in [5.41, 5.74) is -0.237. The largest absolute Gasteiger partial charge is 0.342 e. The topological polar surface area (TPSA) is 49.4 Å². The number of piperazine rings is 1. The maximum Gasteiger partial charge on any atom is 0.246 e. The van der Waals surface area contributed by atoms with Crippen LogP contribution >= 0.6 is 0 Å². The normalized spacial score (nSPS) is 26.9. The van der Waals surface area contributed by atoms with Crippen molar-refractivity contribution < 1.29 is 9.59 Å². The van der Waals surface area contributed by atoms with E-state index in [-0.39, 0.29) is 23.3 Å². The first-order chi connectivity index (χ1) is 7.32. The van der Waals surface area contributed by atoms with Gasteiger partial charge in [-0.15, -0.1) is 0 Å². The Labute approximate surface area is 97.4 Å². The summed E-state index contributed by atoms with van der Waals surface area (Å²) in [6.07, 6.45) is 0.669. The first-order valence-electron chi connectivity index (χ1n) is 5.93. The van der Waals surface area contributed by atoms with Gasteiger partial charge in [0.2, 0.25) is 11.8 Å². The van der Waals surface area contributed by atoms with Gasteiger partial charge < -0.3 is 10.2 Å². The molecule has 1 N–H and O–H groups in total. The smallest absolute Gasteiger partial charge is 0.246 e. The maximum absolute atomic E-state index is 12.2. The number of amides is 2. The summed E-state index contributed by atoms with van der Waals surface area (Å²) in [6.45, 7) is 10.3. The summed E-state index contributed by atoms with van der Waals surface area (Å²) in [7, 11) is 0. The van der Waals surface area contributed by atoms with Gasteiger partial charge in [0.1, 0.15) is 12.1 Å². The molecule has 1 heterocycles. The number of nitrogens with zero attached hydrogens (tertiary/aromatic N) is 1. The Morgan fingerprint density at radius 3 is 2.19 bits per heavy atom. The molecule has 16 heavy (non-hydrogen) atoms. The zero-order valence-electron chi connectivity index (χ0n) is 10.8. The van der Waals surface area contributed by atoms with E-state index in [9.17, 15) is 9.59 Å². The Kier molecular flexibility index (Phi) is 3.61. The van der Waals surface area contributed by atoms with Gasteiger partial charge in [0.15, 0.2) is 0 Å². The van der Waals surface area contributed by atoms with Gasteiger partial charge in [0.05, 0.1) is 0 Å². The average molecular weight is 226 g/mol. The highest BCUT2D eigenvalue weighted by atomic mass is 16.2. The highest BCUT2D eigenvalue weighted by molar-refractivity contribution is 5.97. The van der Waals surface area contributed by atoms with Crippen molar-refractivity contribution in [2.75, 3.05) is 6.54 Å². The van der Waals surface area contributed by atoms with Crippen LogP contribution in [0.5, 0.6) is 0 Å². The molecule has 0 aliphatic carbocycles. The fourth-order valence-corrected chi connectivity index (χ4v) is 2.13. The van der Waals surface area contributed by atoms with E-state index in [4.69, 9.17) is 0 Å². The molecular weight excluding hydrogens is 204 g/mol. The minimum atomic E-state index is -0.400. The van der Waals surface area contributed by atoms with Crippen molar-refractivity contribution in [1.82, 2.24) is 10.2 Å².